The molecule has 0 unspecified atom stereocenters. The number of aryl methyl sites for hydroxylation is 1. The number of fused-ring (bicyclic) bond motifs is 1. The predicted molar refractivity (Wildman–Crippen MR) is 131 cm³/mol. The van der Waals surface area contributed by atoms with Crippen molar-refractivity contribution < 1.29 is 9.59 Å². The number of nitrogens with one attached hydrogen (secondary N) is 1. The maximum Gasteiger partial charge on any atom is 0.241 e. The van der Waals surface area contributed by atoms with Crippen LogP contribution in [0.5, 0.6) is 0 Å². The third kappa shape index (κ3) is 5.00. The maximum absolute atomic E-state index is 13.5. The van der Waals surface area contributed by atoms with Gasteiger partial charge in [0.15, 0.2) is 0 Å². The molecule has 3 aromatic carbocycles. The summed E-state index contributed by atoms with van der Waals surface area (Å²) in [4.78, 5) is 29.2. The van der Waals surface area contributed by atoms with E-state index in [2.05, 4.69) is 5.32 Å². The fraction of sp³-hybridized carbons (Fsp3) is 0.231. The van der Waals surface area contributed by atoms with Crippen molar-refractivity contribution in [2.75, 3.05) is 4.90 Å². The Morgan fingerprint density at radius 1 is 1.06 bits per heavy atom. The summed E-state index contributed by atoms with van der Waals surface area (Å²) in [5.41, 5.74) is 4.02. The highest BCUT2D eigenvalue weighted by molar-refractivity contribution is 8.01. The molecule has 0 aliphatic carbocycles. The molecule has 1 heterocycles. The fourth-order valence-electron chi connectivity index (χ4n) is 3.73. The lowest BCUT2D eigenvalue weighted by Gasteiger charge is -2.35. The molecule has 3 aromatic rings. The van der Waals surface area contributed by atoms with Crippen LogP contribution in [-0.2, 0) is 22.7 Å². The van der Waals surface area contributed by atoms with E-state index in [-0.39, 0.29) is 11.8 Å². The van der Waals surface area contributed by atoms with Gasteiger partial charge in [0, 0.05) is 16.5 Å². The largest absolute Gasteiger partial charge is 0.352 e. The van der Waals surface area contributed by atoms with E-state index in [1.54, 1.807) is 4.90 Å². The summed E-state index contributed by atoms with van der Waals surface area (Å²) in [5, 5.41) is 3.13. The van der Waals surface area contributed by atoms with Crippen LogP contribution >= 0.6 is 23.4 Å². The maximum atomic E-state index is 13.5. The van der Waals surface area contributed by atoms with Gasteiger partial charge in [-0.2, -0.15) is 0 Å². The average Bonchev–Trinajstić information content (AvgIpc) is 2.79. The summed E-state index contributed by atoms with van der Waals surface area (Å²) in [5.74, 6) is -0.668. The number of benzene rings is 3. The molecule has 0 radical (unpaired) electrons. The molecular weight excluding hydrogens is 440 g/mol. The molecule has 4 rings (SSSR count). The standard InChI is InChI=1S/C26H25ClN2O2S/c1-17-10-12-19(13-11-17)15-28-25(30)18(2)24-26(31)29(16-20-6-5-7-21(27)14-20)22-8-3-4-9-23(22)32-24/h3-14,18,24H,15-16H2,1-2H3,(H,28,30)/t18-,24-/m0/s1. The Morgan fingerprint density at radius 3 is 2.56 bits per heavy atom. The summed E-state index contributed by atoms with van der Waals surface area (Å²) in [7, 11) is 0. The minimum Gasteiger partial charge on any atom is -0.352 e. The van der Waals surface area contributed by atoms with Crippen molar-refractivity contribution in [2.24, 2.45) is 5.92 Å². The van der Waals surface area contributed by atoms with Gasteiger partial charge in [-0.3, -0.25) is 9.59 Å². The molecule has 1 aliphatic rings. The van der Waals surface area contributed by atoms with Gasteiger partial charge in [-0.15, -0.1) is 11.8 Å². The van der Waals surface area contributed by atoms with E-state index in [9.17, 15) is 9.59 Å². The second kappa shape index (κ2) is 9.80. The van der Waals surface area contributed by atoms with Crippen molar-refractivity contribution in [3.05, 3.63) is 94.5 Å². The van der Waals surface area contributed by atoms with E-state index in [1.807, 2.05) is 86.6 Å². The van der Waals surface area contributed by atoms with Gasteiger partial charge >= 0.3 is 0 Å². The van der Waals surface area contributed by atoms with E-state index in [1.165, 1.54) is 17.3 Å². The van der Waals surface area contributed by atoms with Crippen LogP contribution < -0.4 is 10.2 Å². The van der Waals surface area contributed by atoms with Crippen LogP contribution in [0.25, 0.3) is 0 Å². The minimum absolute atomic E-state index is 0.0633. The lowest BCUT2D eigenvalue weighted by atomic mass is 10.0. The lowest BCUT2D eigenvalue weighted by molar-refractivity contribution is -0.128. The number of para-hydroxylation sites is 1. The van der Waals surface area contributed by atoms with Gasteiger partial charge < -0.3 is 10.2 Å². The predicted octanol–water partition coefficient (Wildman–Crippen LogP) is 5.61. The van der Waals surface area contributed by atoms with Crippen LogP contribution in [0.15, 0.2) is 77.7 Å². The minimum atomic E-state index is -0.498. The molecular formula is C26H25ClN2O2S. The van der Waals surface area contributed by atoms with Gasteiger partial charge in [-0.05, 0) is 42.3 Å². The second-order valence-corrected chi connectivity index (χ2v) is 9.67. The zero-order valence-electron chi connectivity index (χ0n) is 18.0. The van der Waals surface area contributed by atoms with Crippen LogP contribution in [0.3, 0.4) is 0 Å². The molecule has 1 aliphatic heterocycles. The molecule has 0 spiro atoms. The number of carbonyl (C=O) groups is 2. The molecule has 0 bridgehead atoms. The first-order valence-corrected chi connectivity index (χ1v) is 11.8. The summed E-state index contributed by atoms with van der Waals surface area (Å²) in [6.45, 7) is 4.71. The summed E-state index contributed by atoms with van der Waals surface area (Å²) >= 11 is 7.62. The zero-order valence-corrected chi connectivity index (χ0v) is 19.6. The Kier molecular flexibility index (Phi) is 6.87. The molecule has 164 valence electrons. The van der Waals surface area contributed by atoms with Crippen molar-refractivity contribution in [1.82, 2.24) is 5.32 Å². The smallest absolute Gasteiger partial charge is 0.241 e. The molecule has 0 fully saturated rings. The Labute approximate surface area is 198 Å². The van der Waals surface area contributed by atoms with Gasteiger partial charge in [-0.1, -0.05) is 72.6 Å². The van der Waals surface area contributed by atoms with E-state index in [0.29, 0.717) is 18.1 Å². The number of rotatable bonds is 6. The number of amides is 2. The first kappa shape index (κ1) is 22.4. The number of nitrogens with zero attached hydrogens (tertiary/aromatic N) is 1. The number of halogens is 1. The molecule has 4 nitrogen and oxygen atoms in total. The van der Waals surface area contributed by atoms with Crippen molar-refractivity contribution in [1.29, 1.82) is 0 Å². The van der Waals surface area contributed by atoms with Crippen molar-refractivity contribution in [3.63, 3.8) is 0 Å². The Bertz CT molecular complexity index is 1130. The van der Waals surface area contributed by atoms with Crippen LogP contribution in [0.4, 0.5) is 5.69 Å². The quantitative estimate of drug-likeness (QED) is 0.516. The van der Waals surface area contributed by atoms with Crippen molar-refractivity contribution in [3.8, 4) is 0 Å². The molecule has 1 N–H and O–H groups in total. The third-order valence-corrected chi connectivity index (χ3v) is 7.30. The van der Waals surface area contributed by atoms with E-state index < -0.39 is 11.2 Å². The van der Waals surface area contributed by atoms with Crippen LogP contribution in [0.2, 0.25) is 5.02 Å². The van der Waals surface area contributed by atoms with Gasteiger partial charge in [-0.25, -0.2) is 0 Å². The Hall–Kier alpha value is -2.76. The van der Waals surface area contributed by atoms with Crippen molar-refractivity contribution >= 4 is 40.9 Å². The summed E-state index contributed by atoms with van der Waals surface area (Å²) in [6, 6.07) is 23.4. The van der Waals surface area contributed by atoms with Gasteiger partial charge in [0.2, 0.25) is 11.8 Å². The summed E-state index contributed by atoms with van der Waals surface area (Å²) in [6.07, 6.45) is 0. The van der Waals surface area contributed by atoms with E-state index >= 15 is 0 Å². The highest BCUT2D eigenvalue weighted by Crippen LogP contribution is 2.42. The highest BCUT2D eigenvalue weighted by Gasteiger charge is 2.39. The van der Waals surface area contributed by atoms with Crippen LogP contribution in [-0.4, -0.2) is 17.1 Å². The number of hydrogen-bond donors (Lipinski definition) is 1. The molecule has 0 saturated heterocycles. The second-order valence-electron chi connectivity index (χ2n) is 8.05. The number of hydrogen-bond acceptors (Lipinski definition) is 3. The number of anilines is 1. The van der Waals surface area contributed by atoms with Crippen LogP contribution in [0, 0.1) is 12.8 Å². The fourth-order valence-corrected chi connectivity index (χ4v) is 5.23. The number of carbonyl (C=O) groups excluding carboxylic acids is 2. The molecule has 0 saturated carbocycles. The molecule has 2 atom stereocenters. The molecule has 32 heavy (non-hydrogen) atoms. The first-order valence-electron chi connectivity index (χ1n) is 10.6. The normalized spacial score (nSPS) is 16.4. The monoisotopic (exact) mass is 464 g/mol. The van der Waals surface area contributed by atoms with Gasteiger partial charge in [0.1, 0.15) is 5.25 Å². The lowest BCUT2D eigenvalue weighted by Crippen LogP contribution is -2.47. The van der Waals surface area contributed by atoms with E-state index in [0.717, 1.165) is 21.7 Å². The topological polar surface area (TPSA) is 49.4 Å². The zero-order chi connectivity index (χ0) is 22.7. The summed E-state index contributed by atoms with van der Waals surface area (Å²) < 4.78 is 0. The molecule has 2 amide bonds. The molecule has 6 heteroatoms. The SMILES string of the molecule is Cc1ccc(CNC(=O)[C@@H](C)[C@@H]2Sc3ccccc3N(Cc3cccc(Cl)c3)C2=O)cc1. The van der Waals surface area contributed by atoms with Gasteiger partial charge in [0.25, 0.3) is 0 Å². The Morgan fingerprint density at radius 2 is 1.81 bits per heavy atom. The van der Waals surface area contributed by atoms with Crippen LogP contribution in [0.1, 0.15) is 23.6 Å². The average molecular weight is 465 g/mol. The first-order chi connectivity index (χ1) is 15.4. The third-order valence-electron chi connectivity index (χ3n) is 5.60. The number of thioether (sulfide) groups is 1. The Balaban J connectivity index is 1.52. The van der Waals surface area contributed by atoms with Gasteiger partial charge in [0.05, 0.1) is 18.2 Å². The highest BCUT2D eigenvalue weighted by atomic mass is 35.5. The van der Waals surface area contributed by atoms with E-state index in [4.69, 9.17) is 11.6 Å². The molecule has 0 aromatic heterocycles. The van der Waals surface area contributed by atoms with Crippen molar-refractivity contribution in [2.45, 2.75) is 37.1 Å².